The van der Waals surface area contributed by atoms with Crippen LogP contribution in [0.4, 0.5) is 33.6 Å². The van der Waals surface area contributed by atoms with Gasteiger partial charge in [-0.25, -0.2) is 28.7 Å². The number of ketones is 1. The highest BCUT2D eigenvalue weighted by Gasteiger charge is 2.42. The van der Waals surface area contributed by atoms with Gasteiger partial charge >= 0.3 is 6.18 Å². The van der Waals surface area contributed by atoms with Crippen LogP contribution in [0.15, 0.2) is 89.8 Å². The highest BCUT2D eigenvalue weighted by atomic mass is 79.9. The first-order chi connectivity index (χ1) is 34.0. The van der Waals surface area contributed by atoms with Gasteiger partial charge in [-0.3, -0.25) is 19.1 Å². The summed E-state index contributed by atoms with van der Waals surface area (Å²) in [5.74, 6) is -2.10. The van der Waals surface area contributed by atoms with E-state index in [1.807, 2.05) is 24.3 Å². The molecule has 6 aromatic rings. The van der Waals surface area contributed by atoms with Crippen LogP contribution in [0.2, 0.25) is 0 Å². The number of aliphatic hydroxyl groups is 2. The van der Waals surface area contributed by atoms with Gasteiger partial charge in [0.15, 0.2) is 23.2 Å². The molecule has 1 saturated carbocycles. The predicted octanol–water partition coefficient (Wildman–Crippen LogP) is 6.98. The molecule has 2 saturated heterocycles. The number of aliphatic hydroxyl groups excluding tert-OH is 2. The molecular weight excluding hydrogens is 1000 g/mol. The van der Waals surface area contributed by atoms with E-state index < -0.39 is 71.9 Å². The quantitative estimate of drug-likeness (QED) is 0.0494. The second-order valence-corrected chi connectivity index (χ2v) is 18.8. The molecule has 3 fully saturated rings. The first kappa shape index (κ1) is 49.6. The predicted molar refractivity (Wildman–Crippen MR) is 251 cm³/mol. The van der Waals surface area contributed by atoms with Crippen molar-refractivity contribution in [3.8, 4) is 22.5 Å². The van der Waals surface area contributed by atoms with Gasteiger partial charge in [0.1, 0.15) is 58.9 Å². The van der Waals surface area contributed by atoms with Gasteiger partial charge in [-0.05, 0) is 95.1 Å². The smallest absolute Gasteiger partial charge is 0.388 e. The number of nitrogens with one attached hydrogen (secondary N) is 2. The molecule has 2 amide bonds. The Morgan fingerprint density at radius 2 is 1.69 bits per heavy atom. The van der Waals surface area contributed by atoms with Crippen LogP contribution in [0.5, 0.6) is 0 Å². The van der Waals surface area contributed by atoms with Crippen LogP contribution >= 0.6 is 15.9 Å². The SMILES string of the molecule is CC(=O)c1nn(CC(=O)N2C[C@H](F)C[C@H]2C(=O)Nc2cccc(Br)n2)c2ccc(-c3cnc(-c4ccc(CC5CCC(OC[C@H]6OC[C@H](Nc7nc(C(F)(F)F)ccc7F)[C@@H](O)[C@H]6O)C5)cc4)nc3)cc12. The number of aromatic nitrogens is 6. The zero-order valence-electron chi connectivity index (χ0n) is 37.9. The molecule has 0 bridgehead atoms. The van der Waals surface area contributed by atoms with Crippen molar-refractivity contribution in [3.63, 3.8) is 0 Å². The number of Topliss-reactive ketones (excluding diaryl/α,β-unsaturated/α-hetero) is 1. The summed E-state index contributed by atoms with van der Waals surface area (Å²) in [6.07, 6.45) is -3.74. The van der Waals surface area contributed by atoms with Crippen molar-refractivity contribution in [1.82, 2.24) is 34.6 Å². The van der Waals surface area contributed by atoms with Crippen molar-refractivity contribution in [2.45, 2.75) is 94.4 Å². The Morgan fingerprint density at radius 3 is 2.42 bits per heavy atom. The number of ether oxygens (including phenoxy) is 2. The summed E-state index contributed by atoms with van der Waals surface area (Å²) in [5, 5.41) is 31.5. The average Bonchev–Trinajstić information content (AvgIpc) is 4.07. The van der Waals surface area contributed by atoms with Gasteiger partial charge in [-0.15, -0.1) is 0 Å². The Hall–Kier alpha value is -6.33. The van der Waals surface area contributed by atoms with Crippen molar-refractivity contribution in [3.05, 3.63) is 113 Å². The monoisotopic (exact) mass is 1050 g/mol. The fourth-order valence-electron chi connectivity index (χ4n) is 9.33. The summed E-state index contributed by atoms with van der Waals surface area (Å²) < 4.78 is 82.0. The molecule has 16 nitrogen and oxygen atoms in total. The molecule has 2 unspecified atom stereocenters. The van der Waals surface area contributed by atoms with E-state index in [-0.39, 0.29) is 56.1 Å². The third kappa shape index (κ3) is 11.3. The molecule has 4 aromatic heterocycles. The van der Waals surface area contributed by atoms with Crippen LogP contribution < -0.4 is 10.6 Å². The number of carbonyl (C=O) groups is 3. The van der Waals surface area contributed by atoms with Gasteiger partial charge in [0.25, 0.3) is 0 Å². The Bertz CT molecular complexity index is 2930. The van der Waals surface area contributed by atoms with Crippen LogP contribution in [0, 0.1) is 11.7 Å². The minimum Gasteiger partial charge on any atom is -0.388 e. The number of hydrogen-bond acceptors (Lipinski definition) is 13. The molecule has 8 atom stereocenters. The molecule has 9 rings (SSSR count). The summed E-state index contributed by atoms with van der Waals surface area (Å²) in [6, 6.07) is 17.2. The zero-order valence-corrected chi connectivity index (χ0v) is 39.5. The molecular formula is C49H47BrF5N9O7. The van der Waals surface area contributed by atoms with Crippen molar-refractivity contribution >= 4 is 56.1 Å². The number of pyridine rings is 2. The number of hydrogen-bond donors (Lipinski definition) is 4. The van der Waals surface area contributed by atoms with Crippen LogP contribution in [0.1, 0.15) is 54.4 Å². The number of anilines is 2. The maximum absolute atomic E-state index is 14.7. The van der Waals surface area contributed by atoms with Gasteiger partial charge in [-0.2, -0.15) is 18.3 Å². The molecule has 6 heterocycles. The minimum absolute atomic E-state index is 0.0206. The fraction of sp³-hybridized carbons (Fsp3) is 0.388. The first-order valence-electron chi connectivity index (χ1n) is 22.9. The molecule has 0 spiro atoms. The highest BCUT2D eigenvalue weighted by Crippen LogP contribution is 2.34. The molecule has 372 valence electrons. The average molecular weight is 1050 g/mol. The van der Waals surface area contributed by atoms with E-state index in [1.54, 1.807) is 48.8 Å². The molecule has 2 aromatic carbocycles. The fourth-order valence-corrected chi connectivity index (χ4v) is 9.68. The van der Waals surface area contributed by atoms with Gasteiger partial charge in [0.05, 0.1) is 37.4 Å². The molecule has 2 aliphatic heterocycles. The lowest BCUT2D eigenvalue weighted by molar-refractivity contribution is -0.165. The standard InChI is InChI=1S/C49H47BrF5N9O7/c1-25(65)43-33-17-29(10-13-36(33)64(62-43)22-42(66)63-21-31(51)18-37(63)48(69)61-41-4-2-3-40(50)60-41)30-19-56-46(57-20-30)28-8-5-26(6-9-28)15-27-7-11-32(16-27)70-24-38-45(68)44(67)35(23-71-38)58-47-34(52)12-14-39(59-47)49(53,54)55/h2-6,8-10,12-14,17,19-20,27,31-32,35,37-38,44-45,67-68H,7,11,15-16,18,21-24H2,1H3,(H,58,59)(H,60,61,69)/t27?,31-,32?,35+,37+,38-,44-,45+/m1/s1. The number of likely N-dealkylation sites (tertiary alicyclic amines) is 1. The number of carbonyl (C=O) groups excluding carboxylic acids is 3. The Labute approximate surface area is 411 Å². The van der Waals surface area contributed by atoms with Crippen LogP contribution in [-0.2, 0) is 38.2 Å². The molecule has 1 aliphatic carbocycles. The molecule has 71 heavy (non-hydrogen) atoms. The minimum atomic E-state index is -4.80. The molecule has 22 heteroatoms. The highest BCUT2D eigenvalue weighted by molar-refractivity contribution is 9.10. The van der Waals surface area contributed by atoms with Crippen molar-refractivity contribution in [2.75, 3.05) is 30.4 Å². The Balaban J connectivity index is 0.771. The molecule has 3 aliphatic rings. The topological polar surface area (TPSA) is 207 Å². The number of nitrogens with zero attached hydrogens (tertiary/aromatic N) is 7. The number of fused-ring (bicyclic) bond motifs is 1. The largest absolute Gasteiger partial charge is 0.433 e. The lowest BCUT2D eigenvalue weighted by Crippen LogP contribution is -2.57. The molecule has 4 N–H and O–H groups in total. The van der Waals surface area contributed by atoms with Crippen molar-refractivity contribution in [2.24, 2.45) is 5.92 Å². The number of alkyl halides is 4. The van der Waals surface area contributed by atoms with E-state index in [1.165, 1.54) is 16.5 Å². The number of benzene rings is 2. The lowest BCUT2D eigenvalue weighted by atomic mass is 9.97. The second kappa shape index (κ2) is 20.8. The maximum Gasteiger partial charge on any atom is 0.433 e. The van der Waals surface area contributed by atoms with Gasteiger partial charge in [0.2, 0.25) is 11.8 Å². The van der Waals surface area contributed by atoms with E-state index in [2.05, 4.69) is 51.6 Å². The number of halogens is 6. The third-order valence-electron chi connectivity index (χ3n) is 13.0. The van der Waals surface area contributed by atoms with Crippen LogP contribution in [0.3, 0.4) is 0 Å². The summed E-state index contributed by atoms with van der Waals surface area (Å²) in [5.41, 5.74) is 2.63. The Morgan fingerprint density at radius 1 is 0.930 bits per heavy atom. The summed E-state index contributed by atoms with van der Waals surface area (Å²) in [7, 11) is 0. The maximum atomic E-state index is 14.7. The van der Waals surface area contributed by atoms with Gasteiger partial charge in [0, 0.05) is 42.3 Å². The van der Waals surface area contributed by atoms with E-state index in [0.717, 1.165) is 36.8 Å². The van der Waals surface area contributed by atoms with E-state index >= 15 is 0 Å². The van der Waals surface area contributed by atoms with E-state index in [9.17, 15) is 46.5 Å². The Kier molecular flexibility index (Phi) is 14.5. The van der Waals surface area contributed by atoms with Gasteiger partial charge < -0.3 is 35.2 Å². The van der Waals surface area contributed by atoms with Crippen LogP contribution in [-0.4, -0.2) is 125 Å². The summed E-state index contributed by atoms with van der Waals surface area (Å²) in [6.45, 7) is 0.531. The van der Waals surface area contributed by atoms with Crippen LogP contribution in [0.25, 0.3) is 33.4 Å². The number of amides is 2. The third-order valence-corrected chi connectivity index (χ3v) is 13.5. The normalized spacial score (nSPS) is 23.5. The van der Waals surface area contributed by atoms with Crippen molar-refractivity contribution < 1.29 is 56.0 Å². The summed E-state index contributed by atoms with van der Waals surface area (Å²) in [4.78, 5) is 57.5. The zero-order chi connectivity index (χ0) is 50.1. The molecule has 0 radical (unpaired) electrons. The summed E-state index contributed by atoms with van der Waals surface area (Å²) >= 11 is 3.25. The lowest BCUT2D eigenvalue weighted by Gasteiger charge is -2.38. The van der Waals surface area contributed by atoms with Gasteiger partial charge in [-0.1, -0.05) is 36.4 Å². The van der Waals surface area contributed by atoms with E-state index in [4.69, 9.17) is 9.47 Å². The van der Waals surface area contributed by atoms with E-state index in [0.29, 0.717) is 50.5 Å². The first-order valence-corrected chi connectivity index (χ1v) is 23.7. The number of rotatable bonds is 14. The van der Waals surface area contributed by atoms with Crippen molar-refractivity contribution in [1.29, 1.82) is 0 Å². The second-order valence-electron chi connectivity index (χ2n) is 18.0.